The second kappa shape index (κ2) is 5.70. The van der Waals surface area contributed by atoms with Gasteiger partial charge in [0.15, 0.2) is 0 Å². The van der Waals surface area contributed by atoms with Gasteiger partial charge >= 0.3 is 0 Å². The minimum Gasteiger partial charge on any atom is -0.284 e. The molecule has 0 atom stereocenters. The van der Waals surface area contributed by atoms with Gasteiger partial charge < -0.3 is 0 Å². The fourth-order valence-corrected chi connectivity index (χ4v) is 2.52. The zero-order chi connectivity index (χ0) is 12.0. The van der Waals surface area contributed by atoms with Crippen molar-refractivity contribution in [2.75, 3.05) is 10.5 Å². The van der Waals surface area contributed by atoms with Crippen molar-refractivity contribution < 1.29 is 8.42 Å². The summed E-state index contributed by atoms with van der Waals surface area (Å²) in [5.74, 6) is 0.173. The average Bonchev–Trinajstić information content (AvgIpc) is 2.27. The smallest absolute Gasteiger partial charge is 0.232 e. The summed E-state index contributed by atoms with van der Waals surface area (Å²) in [4.78, 5) is 0. The maximum atomic E-state index is 11.6. The van der Waals surface area contributed by atoms with Crippen LogP contribution < -0.4 is 4.72 Å². The lowest BCUT2D eigenvalue weighted by Crippen LogP contribution is -2.16. The molecule has 0 fully saturated rings. The molecule has 1 rings (SSSR count). The lowest BCUT2D eigenvalue weighted by molar-refractivity contribution is 0.598. The normalized spacial score (nSPS) is 11.1. The highest BCUT2D eigenvalue weighted by atomic mass is 32.2. The highest BCUT2D eigenvalue weighted by Gasteiger charge is 2.08. The molecule has 0 amide bonds. The molecule has 88 valence electrons. The molecule has 0 unspecified atom stereocenters. The molecule has 0 heterocycles. The van der Waals surface area contributed by atoms with E-state index in [1.54, 1.807) is 18.2 Å². The van der Waals surface area contributed by atoms with Gasteiger partial charge in [0, 0.05) is 5.69 Å². The second-order valence-electron chi connectivity index (χ2n) is 3.60. The van der Waals surface area contributed by atoms with Crippen LogP contribution in [0, 0.1) is 0 Å². The molecule has 0 saturated carbocycles. The number of benzene rings is 1. The van der Waals surface area contributed by atoms with E-state index in [1.807, 2.05) is 19.1 Å². The lowest BCUT2D eigenvalue weighted by atomic mass is 10.2. The van der Waals surface area contributed by atoms with Gasteiger partial charge in [0.05, 0.1) is 5.75 Å². The quantitative estimate of drug-likeness (QED) is 0.829. The van der Waals surface area contributed by atoms with Crippen molar-refractivity contribution in [2.24, 2.45) is 0 Å². The highest BCUT2D eigenvalue weighted by molar-refractivity contribution is 7.92. The Labute approximate surface area is 97.2 Å². The van der Waals surface area contributed by atoms with Crippen LogP contribution in [0.15, 0.2) is 30.8 Å². The van der Waals surface area contributed by atoms with Gasteiger partial charge in [-0.15, -0.1) is 0 Å². The molecular weight excluding hydrogens is 222 g/mol. The first kappa shape index (κ1) is 12.8. The van der Waals surface area contributed by atoms with Crippen LogP contribution in [0.2, 0.25) is 0 Å². The molecule has 0 aromatic heterocycles. The summed E-state index contributed by atoms with van der Waals surface area (Å²) in [7, 11) is -3.19. The van der Waals surface area contributed by atoms with Gasteiger partial charge in [-0.2, -0.15) is 0 Å². The molecule has 0 bridgehead atoms. The van der Waals surface area contributed by atoms with E-state index < -0.39 is 10.0 Å². The number of nitrogens with one attached hydrogen (secondary N) is 1. The van der Waals surface area contributed by atoms with Crippen molar-refractivity contribution in [3.63, 3.8) is 0 Å². The number of rotatable bonds is 6. The minimum absolute atomic E-state index is 0.173. The van der Waals surface area contributed by atoms with Crippen LogP contribution in [0.3, 0.4) is 0 Å². The zero-order valence-electron chi connectivity index (χ0n) is 9.44. The third-order valence-corrected chi connectivity index (χ3v) is 3.56. The predicted octanol–water partition coefficient (Wildman–Crippen LogP) is 2.87. The molecule has 4 heteroatoms. The Kier molecular flexibility index (Phi) is 4.55. The van der Waals surface area contributed by atoms with Gasteiger partial charge in [0.25, 0.3) is 0 Å². The van der Waals surface area contributed by atoms with Crippen LogP contribution in [0.5, 0.6) is 0 Å². The molecule has 1 N–H and O–H groups in total. The monoisotopic (exact) mass is 239 g/mol. The summed E-state index contributed by atoms with van der Waals surface area (Å²) in [6, 6.07) is 7.12. The number of anilines is 1. The molecular formula is C12H17NO2S. The van der Waals surface area contributed by atoms with Gasteiger partial charge in [-0.3, -0.25) is 4.72 Å². The van der Waals surface area contributed by atoms with E-state index >= 15 is 0 Å². The van der Waals surface area contributed by atoms with Crippen molar-refractivity contribution in [3.05, 3.63) is 36.4 Å². The molecule has 0 aliphatic heterocycles. The zero-order valence-corrected chi connectivity index (χ0v) is 10.3. The lowest BCUT2D eigenvalue weighted by Gasteiger charge is -2.07. The predicted molar refractivity (Wildman–Crippen MR) is 68.9 cm³/mol. The van der Waals surface area contributed by atoms with E-state index in [-0.39, 0.29) is 5.75 Å². The Morgan fingerprint density at radius 1 is 1.31 bits per heavy atom. The van der Waals surface area contributed by atoms with Crippen LogP contribution in [0.25, 0.3) is 6.08 Å². The first-order chi connectivity index (χ1) is 7.57. The van der Waals surface area contributed by atoms with Gasteiger partial charge in [-0.05, 0) is 24.1 Å². The summed E-state index contributed by atoms with van der Waals surface area (Å²) in [6.07, 6.45) is 3.27. The topological polar surface area (TPSA) is 46.2 Å². The van der Waals surface area contributed by atoms with E-state index in [1.165, 1.54) is 0 Å². The summed E-state index contributed by atoms with van der Waals surface area (Å²) in [6.45, 7) is 5.60. The summed E-state index contributed by atoms with van der Waals surface area (Å²) < 4.78 is 25.7. The molecule has 1 aromatic carbocycles. The van der Waals surface area contributed by atoms with Crippen molar-refractivity contribution in [2.45, 2.75) is 19.8 Å². The summed E-state index contributed by atoms with van der Waals surface area (Å²) >= 11 is 0. The Morgan fingerprint density at radius 3 is 2.44 bits per heavy atom. The van der Waals surface area contributed by atoms with E-state index in [2.05, 4.69) is 11.3 Å². The van der Waals surface area contributed by atoms with Crippen molar-refractivity contribution in [3.8, 4) is 0 Å². The average molecular weight is 239 g/mol. The minimum atomic E-state index is -3.19. The van der Waals surface area contributed by atoms with Crippen LogP contribution in [0.1, 0.15) is 25.3 Å². The molecule has 0 saturated heterocycles. The Bertz CT molecular complexity index is 435. The standard InChI is InChI=1S/C12H17NO2S/c1-3-5-10-16(14,15)13-12-8-6-11(4-2)7-9-12/h4,6-9,13H,2-3,5,10H2,1H3. The number of hydrogen-bond donors (Lipinski definition) is 1. The van der Waals surface area contributed by atoms with Crippen LogP contribution in [-0.4, -0.2) is 14.2 Å². The van der Waals surface area contributed by atoms with Crippen molar-refractivity contribution in [1.82, 2.24) is 0 Å². The fourth-order valence-electron chi connectivity index (χ4n) is 1.25. The van der Waals surface area contributed by atoms with Gasteiger partial charge in [0.1, 0.15) is 0 Å². The Balaban J connectivity index is 2.68. The molecule has 1 aromatic rings. The summed E-state index contributed by atoms with van der Waals surface area (Å²) in [5.41, 5.74) is 1.57. The SMILES string of the molecule is C=Cc1ccc(NS(=O)(=O)CCCC)cc1. The molecule has 0 radical (unpaired) electrons. The maximum Gasteiger partial charge on any atom is 0.232 e. The van der Waals surface area contributed by atoms with Crippen LogP contribution >= 0.6 is 0 Å². The molecule has 0 aliphatic carbocycles. The largest absolute Gasteiger partial charge is 0.284 e. The Hall–Kier alpha value is -1.29. The second-order valence-corrected chi connectivity index (χ2v) is 5.44. The van der Waals surface area contributed by atoms with E-state index in [0.29, 0.717) is 12.1 Å². The molecule has 0 spiro atoms. The summed E-state index contributed by atoms with van der Waals surface area (Å²) in [5, 5.41) is 0. The highest BCUT2D eigenvalue weighted by Crippen LogP contribution is 2.12. The Morgan fingerprint density at radius 2 is 1.94 bits per heavy atom. The number of hydrogen-bond acceptors (Lipinski definition) is 2. The van der Waals surface area contributed by atoms with Crippen LogP contribution in [-0.2, 0) is 10.0 Å². The number of sulfonamides is 1. The third-order valence-electron chi connectivity index (χ3n) is 2.19. The molecule has 0 aliphatic rings. The van der Waals surface area contributed by atoms with Crippen LogP contribution in [0.4, 0.5) is 5.69 Å². The van der Waals surface area contributed by atoms with E-state index in [9.17, 15) is 8.42 Å². The van der Waals surface area contributed by atoms with Gasteiger partial charge in [-0.25, -0.2) is 8.42 Å². The number of unbranched alkanes of at least 4 members (excludes halogenated alkanes) is 1. The molecule has 16 heavy (non-hydrogen) atoms. The van der Waals surface area contributed by atoms with E-state index in [0.717, 1.165) is 12.0 Å². The van der Waals surface area contributed by atoms with Crippen molar-refractivity contribution >= 4 is 21.8 Å². The first-order valence-corrected chi connectivity index (χ1v) is 6.95. The van der Waals surface area contributed by atoms with Gasteiger partial charge in [-0.1, -0.05) is 38.1 Å². The van der Waals surface area contributed by atoms with Crippen molar-refractivity contribution in [1.29, 1.82) is 0 Å². The maximum absolute atomic E-state index is 11.6. The van der Waals surface area contributed by atoms with E-state index in [4.69, 9.17) is 0 Å². The molecule has 3 nitrogen and oxygen atoms in total. The van der Waals surface area contributed by atoms with Gasteiger partial charge in [0.2, 0.25) is 10.0 Å². The first-order valence-electron chi connectivity index (χ1n) is 5.30. The fraction of sp³-hybridized carbons (Fsp3) is 0.333. The third kappa shape index (κ3) is 4.06.